The molecule has 1 saturated heterocycles. The van der Waals surface area contributed by atoms with Gasteiger partial charge in [0.15, 0.2) is 5.76 Å². The van der Waals surface area contributed by atoms with Gasteiger partial charge in [-0.3, -0.25) is 31.2 Å². The van der Waals surface area contributed by atoms with Crippen molar-refractivity contribution in [3.8, 4) is 0 Å². The summed E-state index contributed by atoms with van der Waals surface area (Å²) in [5.41, 5.74) is 7.34. The Morgan fingerprint density at radius 3 is 2.65 bits per heavy atom. The van der Waals surface area contributed by atoms with E-state index in [1.807, 2.05) is 12.1 Å². The number of nitro groups is 1. The molecule has 0 saturated carbocycles. The van der Waals surface area contributed by atoms with Crippen LogP contribution in [0.15, 0.2) is 29.1 Å². The van der Waals surface area contributed by atoms with E-state index in [1.165, 1.54) is 18.7 Å². The van der Waals surface area contributed by atoms with E-state index in [0.717, 1.165) is 13.1 Å². The minimum Gasteiger partial charge on any atom is -0.459 e. The number of hydrazine groups is 2. The van der Waals surface area contributed by atoms with Crippen molar-refractivity contribution >= 4 is 23.2 Å². The van der Waals surface area contributed by atoms with Crippen molar-refractivity contribution in [3.05, 3.63) is 40.6 Å². The number of aromatic nitrogens is 2. The van der Waals surface area contributed by atoms with Gasteiger partial charge in [0.2, 0.25) is 11.6 Å². The first kappa shape index (κ1) is 17.6. The van der Waals surface area contributed by atoms with Crippen LogP contribution < -0.4 is 16.3 Å². The van der Waals surface area contributed by atoms with Gasteiger partial charge >= 0.3 is 11.6 Å². The molecule has 12 heteroatoms. The van der Waals surface area contributed by atoms with Crippen molar-refractivity contribution in [1.82, 2.24) is 25.3 Å². The lowest BCUT2D eigenvalue weighted by Gasteiger charge is -2.32. The molecule has 138 valence electrons. The topological polar surface area (TPSA) is 142 Å². The Balaban J connectivity index is 1.73. The molecule has 0 unspecified atom stereocenters. The third-order valence-electron chi connectivity index (χ3n) is 3.81. The molecule has 0 atom stereocenters. The van der Waals surface area contributed by atoms with Gasteiger partial charge in [-0.25, -0.2) is 15.0 Å². The Hall–Kier alpha value is -3.25. The van der Waals surface area contributed by atoms with Crippen molar-refractivity contribution in [1.29, 1.82) is 0 Å². The van der Waals surface area contributed by atoms with Crippen LogP contribution in [0.2, 0.25) is 0 Å². The second-order valence-electron chi connectivity index (χ2n) is 5.64. The zero-order valence-electron chi connectivity index (χ0n) is 14.0. The summed E-state index contributed by atoms with van der Waals surface area (Å²) in [4.78, 5) is 32.7. The number of hydrogen-bond acceptors (Lipinski definition) is 10. The Bertz CT molecular complexity index is 773. The zero-order valence-corrected chi connectivity index (χ0v) is 14.0. The molecular formula is C14H18N8O4. The van der Waals surface area contributed by atoms with Crippen molar-refractivity contribution in [2.24, 2.45) is 0 Å². The molecule has 3 rings (SSSR count). The zero-order chi connectivity index (χ0) is 18.5. The predicted octanol–water partition coefficient (Wildman–Crippen LogP) is 0.309. The summed E-state index contributed by atoms with van der Waals surface area (Å²) in [5, 5.41) is 13.3. The molecule has 0 spiro atoms. The second-order valence-corrected chi connectivity index (χ2v) is 5.64. The van der Waals surface area contributed by atoms with E-state index in [0.29, 0.717) is 13.1 Å². The lowest BCUT2D eigenvalue weighted by Crippen LogP contribution is -2.47. The summed E-state index contributed by atoms with van der Waals surface area (Å²) in [6, 6.07) is 3.02. The van der Waals surface area contributed by atoms with Gasteiger partial charge in [-0.1, -0.05) is 0 Å². The van der Waals surface area contributed by atoms with Crippen LogP contribution in [-0.2, 0) is 0 Å². The molecule has 0 aromatic carbocycles. The van der Waals surface area contributed by atoms with E-state index >= 15 is 0 Å². The number of piperazine rings is 1. The fraction of sp³-hybridized carbons (Fsp3) is 0.357. The molecule has 0 bridgehead atoms. The van der Waals surface area contributed by atoms with Crippen LogP contribution in [0.3, 0.4) is 0 Å². The molecule has 2 aromatic heterocycles. The highest BCUT2D eigenvalue weighted by Crippen LogP contribution is 2.28. The predicted molar refractivity (Wildman–Crippen MR) is 91.2 cm³/mol. The molecule has 0 radical (unpaired) electrons. The fourth-order valence-corrected chi connectivity index (χ4v) is 2.38. The average molecular weight is 362 g/mol. The molecule has 26 heavy (non-hydrogen) atoms. The van der Waals surface area contributed by atoms with E-state index < -0.39 is 10.8 Å². The number of anilines is 2. The number of amides is 1. The maximum absolute atomic E-state index is 11.9. The van der Waals surface area contributed by atoms with Gasteiger partial charge in [0.25, 0.3) is 0 Å². The molecule has 1 aliphatic rings. The third-order valence-corrected chi connectivity index (χ3v) is 3.81. The molecule has 1 amide bonds. The molecule has 3 heterocycles. The molecule has 1 fully saturated rings. The highest BCUT2D eigenvalue weighted by molar-refractivity contribution is 5.92. The van der Waals surface area contributed by atoms with Crippen LogP contribution >= 0.6 is 0 Å². The monoisotopic (exact) mass is 362 g/mol. The number of rotatable bonds is 6. The standard InChI is InChI=1S/C14H18N8O4/c1-20-4-6-21(7-5-20)19-13-11(22(24)25)12(15-9-16-13)17-18-14(23)10-3-2-8-26-10/h2-3,8-9H,4-7H2,1H3,(H,18,23)(H2,15,16,17,19). The maximum atomic E-state index is 11.9. The van der Waals surface area contributed by atoms with E-state index in [-0.39, 0.29) is 23.1 Å². The normalized spacial score (nSPS) is 15.4. The summed E-state index contributed by atoms with van der Waals surface area (Å²) in [6.07, 6.45) is 2.52. The third kappa shape index (κ3) is 4.04. The Labute approximate surface area is 148 Å². The summed E-state index contributed by atoms with van der Waals surface area (Å²) in [6.45, 7) is 3.04. The molecule has 12 nitrogen and oxygen atoms in total. The van der Waals surface area contributed by atoms with Crippen LogP contribution in [0.1, 0.15) is 10.6 Å². The maximum Gasteiger partial charge on any atom is 0.356 e. The number of carbonyl (C=O) groups excluding carboxylic acids is 1. The van der Waals surface area contributed by atoms with Crippen molar-refractivity contribution in [2.75, 3.05) is 44.1 Å². The van der Waals surface area contributed by atoms with Gasteiger partial charge in [0.1, 0.15) is 6.33 Å². The highest BCUT2D eigenvalue weighted by atomic mass is 16.6. The summed E-state index contributed by atoms with van der Waals surface area (Å²) >= 11 is 0. The van der Waals surface area contributed by atoms with Gasteiger partial charge in [0.05, 0.1) is 11.2 Å². The fourth-order valence-electron chi connectivity index (χ4n) is 2.38. The molecule has 3 N–H and O–H groups in total. The van der Waals surface area contributed by atoms with Crippen molar-refractivity contribution in [2.45, 2.75) is 0 Å². The number of furan rings is 1. The first-order chi connectivity index (χ1) is 12.5. The Kier molecular flexibility index (Phi) is 5.24. The van der Waals surface area contributed by atoms with Crippen LogP contribution in [0.4, 0.5) is 17.3 Å². The van der Waals surface area contributed by atoms with Crippen LogP contribution in [0, 0.1) is 10.1 Å². The first-order valence-electron chi connectivity index (χ1n) is 7.84. The minimum atomic E-state index is -0.611. The SMILES string of the molecule is CN1CCN(Nc2ncnc(NNC(=O)c3ccco3)c2[N+](=O)[O-])CC1. The van der Waals surface area contributed by atoms with E-state index in [2.05, 4.69) is 31.1 Å². The lowest BCUT2D eigenvalue weighted by molar-refractivity contribution is -0.383. The molecule has 0 aliphatic carbocycles. The molecule has 1 aliphatic heterocycles. The average Bonchev–Trinajstić information content (AvgIpc) is 3.16. The number of nitrogens with zero attached hydrogens (tertiary/aromatic N) is 5. The van der Waals surface area contributed by atoms with Gasteiger partial charge in [0, 0.05) is 26.2 Å². The van der Waals surface area contributed by atoms with Crippen LogP contribution in [-0.4, -0.2) is 63.9 Å². The summed E-state index contributed by atoms with van der Waals surface area (Å²) in [5.74, 6) is -0.618. The van der Waals surface area contributed by atoms with Crippen LogP contribution in [0.25, 0.3) is 0 Å². The Morgan fingerprint density at radius 2 is 2.00 bits per heavy atom. The first-order valence-corrected chi connectivity index (χ1v) is 7.84. The van der Waals surface area contributed by atoms with Crippen molar-refractivity contribution < 1.29 is 14.1 Å². The number of carbonyl (C=O) groups is 1. The number of nitrogens with one attached hydrogen (secondary N) is 3. The van der Waals surface area contributed by atoms with Crippen LogP contribution in [0.5, 0.6) is 0 Å². The summed E-state index contributed by atoms with van der Waals surface area (Å²) in [7, 11) is 2.01. The van der Waals surface area contributed by atoms with E-state index in [4.69, 9.17) is 4.42 Å². The van der Waals surface area contributed by atoms with E-state index in [9.17, 15) is 14.9 Å². The summed E-state index contributed by atoms with van der Waals surface area (Å²) < 4.78 is 4.95. The van der Waals surface area contributed by atoms with Crippen molar-refractivity contribution in [3.63, 3.8) is 0 Å². The van der Waals surface area contributed by atoms with Gasteiger partial charge < -0.3 is 9.32 Å². The largest absolute Gasteiger partial charge is 0.459 e. The molecule has 2 aromatic rings. The second kappa shape index (κ2) is 7.76. The molecular weight excluding hydrogens is 344 g/mol. The van der Waals surface area contributed by atoms with E-state index in [1.54, 1.807) is 6.07 Å². The number of hydrogen-bond donors (Lipinski definition) is 3. The quantitative estimate of drug-likeness (QED) is 0.485. The van der Waals surface area contributed by atoms with Gasteiger partial charge in [-0.15, -0.1) is 0 Å². The lowest BCUT2D eigenvalue weighted by atomic mass is 10.4. The highest BCUT2D eigenvalue weighted by Gasteiger charge is 2.26. The van der Waals surface area contributed by atoms with Gasteiger partial charge in [-0.2, -0.15) is 0 Å². The number of likely N-dealkylation sites (N-methyl/N-ethyl adjacent to an activating group) is 1. The van der Waals surface area contributed by atoms with Gasteiger partial charge in [-0.05, 0) is 19.2 Å². The minimum absolute atomic E-state index is 0.0456. The Morgan fingerprint density at radius 1 is 1.27 bits per heavy atom. The smallest absolute Gasteiger partial charge is 0.356 e.